The highest BCUT2D eigenvalue weighted by atomic mass is 16.5. The van der Waals surface area contributed by atoms with Crippen molar-refractivity contribution >= 4 is 23.2 Å². The van der Waals surface area contributed by atoms with Gasteiger partial charge in [-0.15, -0.1) is 0 Å². The lowest BCUT2D eigenvalue weighted by Crippen LogP contribution is -2.36. The molecule has 0 spiro atoms. The van der Waals surface area contributed by atoms with Crippen LogP contribution in [0.25, 0.3) is 0 Å². The van der Waals surface area contributed by atoms with E-state index in [0.717, 1.165) is 29.0 Å². The molecule has 0 saturated carbocycles. The van der Waals surface area contributed by atoms with E-state index in [1.54, 1.807) is 10.9 Å². The Morgan fingerprint density at radius 1 is 1.15 bits per heavy atom. The van der Waals surface area contributed by atoms with Crippen LogP contribution in [0.1, 0.15) is 55.6 Å². The monoisotopic (exact) mass is 456 g/mol. The van der Waals surface area contributed by atoms with Gasteiger partial charge in [-0.05, 0) is 48.6 Å². The number of rotatable bonds is 5. The first kappa shape index (κ1) is 21.9. The minimum Gasteiger partial charge on any atom is -0.494 e. The topological polar surface area (TPSA) is 85.2 Å². The second-order valence-electron chi connectivity index (χ2n) is 9.53. The van der Waals surface area contributed by atoms with Gasteiger partial charge >= 0.3 is 0 Å². The Kier molecular flexibility index (Phi) is 5.48. The lowest BCUT2D eigenvalue weighted by Gasteiger charge is -2.39. The Hall–Kier alpha value is -3.87. The van der Waals surface area contributed by atoms with Gasteiger partial charge in [-0.25, -0.2) is 4.68 Å². The van der Waals surface area contributed by atoms with Crippen molar-refractivity contribution < 1.29 is 14.3 Å². The van der Waals surface area contributed by atoms with E-state index in [4.69, 9.17) is 4.74 Å². The number of amides is 1. The van der Waals surface area contributed by atoms with Gasteiger partial charge in [-0.1, -0.05) is 44.2 Å². The Morgan fingerprint density at radius 3 is 2.59 bits per heavy atom. The number of Topliss-reactive ketones (excluding diaryl/α,β-unsaturated/α-hetero) is 1. The number of hydrogen-bond donors (Lipinski definition) is 2. The number of benzene rings is 2. The molecule has 0 bridgehead atoms. The Bertz CT molecular complexity index is 1270. The summed E-state index contributed by atoms with van der Waals surface area (Å²) in [4.78, 5) is 26.5. The standard InChI is InChI=1S/C27H28N4O3/c1-4-34-19-12-10-18(11-13-19)29-26(33)20-16-28-31-24(17-8-6-5-7-9-17)23-21(30-25(20)31)14-27(2,3)15-22(23)32/h5-13,16,24,30H,4,14-15H2,1-3H3,(H,29,33)/t24-/m1/s1. The first-order valence-corrected chi connectivity index (χ1v) is 11.6. The van der Waals surface area contributed by atoms with Crippen LogP contribution in [0.3, 0.4) is 0 Å². The lowest BCUT2D eigenvalue weighted by atomic mass is 9.73. The molecule has 1 aliphatic heterocycles. The van der Waals surface area contributed by atoms with Crippen molar-refractivity contribution in [3.63, 3.8) is 0 Å². The minimum atomic E-state index is -0.372. The van der Waals surface area contributed by atoms with Crippen LogP contribution < -0.4 is 15.4 Å². The molecule has 2 aromatic carbocycles. The third-order valence-electron chi connectivity index (χ3n) is 6.29. The molecule has 0 radical (unpaired) electrons. The molecule has 0 fully saturated rings. The minimum absolute atomic E-state index is 0.120. The van der Waals surface area contributed by atoms with Crippen LogP contribution in [0.2, 0.25) is 0 Å². The first-order chi connectivity index (χ1) is 16.4. The second kappa shape index (κ2) is 8.48. The van der Waals surface area contributed by atoms with Gasteiger partial charge in [-0.2, -0.15) is 5.10 Å². The van der Waals surface area contributed by atoms with Gasteiger partial charge in [0.2, 0.25) is 0 Å². The van der Waals surface area contributed by atoms with E-state index in [1.807, 2.05) is 61.5 Å². The quantitative estimate of drug-likeness (QED) is 0.552. The summed E-state index contributed by atoms with van der Waals surface area (Å²) in [6.07, 6.45) is 2.78. The van der Waals surface area contributed by atoms with E-state index in [0.29, 0.717) is 30.1 Å². The number of allylic oxidation sites excluding steroid dienone is 2. The Morgan fingerprint density at radius 2 is 1.88 bits per heavy atom. The number of hydrogen-bond acceptors (Lipinski definition) is 5. The molecule has 2 N–H and O–H groups in total. The summed E-state index contributed by atoms with van der Waals surface area (Å²) >= 11 is 0. The van der Waals surface area contributed by atoms with Crippen molar-refractivity contribution in [2.75, 3.05) is 17.2 Å². The highest BCUT2D eigenvalue weighted by Crippen LogP contribution is 2.46. The zero-order valence-electron chi connectivity index (χ0n) is 19.6. The van der Waals surface area contributed by atoms with Crippen LogP contribution in [0.4, 0.5) is 11.5 Å². The number of ether oxygens (including phenoxy) is 1. The molecule has 2 heterocycles. The number of aromatic nitrogens is 2. The summed E-state index contributed by atoms with van der Waals surface area (Å²) in [6.45, 7) is 6.70. The van der Waals surface area contributed by atoms with Crippen molar-refractivity contribution in [3.05, 3.63) is 83.2 Å². The van der Waals surface area contributed by atoms with Gasteiger partial charge in [0.25, 0.3) is 5.91 Å². The zero-order chi connectivity index (χ0) is 23.9. The number of ketones is 1. The van der Waals surface area contributed by atoms with Crippen LogP contribution in [0.5, 0.6) is 5.75 Å². The van der Waals surface area contributed by atoms with Crippen molar-refractivity contribution in [2.45, 2.75) is 39.7 Å². The molecule has 3 aromatic rings. The van der Waals surface area contributed by atoms with Crippen LogP contribution >= 0.6 is 0 Å². The summed E-state index contributed by atoms with van der Waals surface area (Å²) in [7, 11) is 0. The largest absolute Gasteiger partial charge is 0.494 e. The maximum atomic E-state index is 13.3. The van der Waals surface area contributed by atoms with Crippen LogP contribution in [-0.4, -0.2) is 28.1 Å². The second-order valence-corrected chi connectivity index (χ2v) is 9.53. The fraction of sp³-hybridized carbons (Fsp3) is 0.296. The molecule has 1 aromatic heterocycles. The number of carbonyl (C=O) groups is 2. The van der Waals surface area contributed by atoms with E-state index in [2.05, 4.69) is 29.6 Å². The third-order valence-corrected chi connectivity index (χ3v) is 6.29. The summed E-state index contributed by atoms with van der Waals surface area (Å²) in [5.41, 5.74) is 3.51. The van der Waals surface area contributed by atoms with Gasteiger partial charge in [0.1, 0.15) is 23.2 Å². The number of nitrogens with one attached hydrogen (secondary N) is 2. The summed E-state index contributed by atoms with van der Waals surface area (Å²) < 4.78 is 7.23. The van der Waals surface area contributed by atoms with Gasteiger partial charge in [0.15, 0.2) is 5.78 Å². The van der Waals surface area contributed by atoms with E-state index >= 15 is 0 Å². The van der Waals surface area contributed by atoms with Gasteiger partial charge in [0, 0.05) is 23.4 Å². The molecule has 1 amide bonds. The molecule has 7 nitrogen and oxygen atoms in total. The molecule has 2 aliphatic rings. The van der Waals surface area contributed by atoms with Crippen molar-refractivity contribution in [3.8, 4) is 5.75 Å². The van der Waals surface area contributed by atoms with Crippen molar-refractivity contribution in [1.82, 2.24) is 9.78 Å². The van der Waals surface area contributed by atoms with Crippen molar-refractivity contribution in [1.29, 1.82) is 0 Å². The molecule has 1 aliphatic carbocycles. The number of fused-ring (bicyclic) bond motifs is 1. The molecular formula is C27H28N4O3. The molecule has 0 saturated heterocycles. The van der Waals surface area contributed by atoms with Crippen LogP contribution in [-0.2, 0) is 4.79 Å². The summed E-state index contributed by atoms with van der Waals surface area (Å²) in [6, 6.07) is 16.7. The zero-order valence-corrected chi connectivity index (χ0v) is 19.6. The number of anilines is 2. The van der Waals surface area contributed by atoms with E-state index in [1.165, 1.54) is 0 Å². The van der Waals surface area contributed by atoms with Gasteiger partial charge in [-0.3, -0.25) is 9.59 Å². The van der Waals surface area contributed by atoms with Gasteiger partial charge in [0.05, 0.1) is 12.8 Å². The molecule has 0 unspecified atom stereocenters. The number of carbonyl (C=O) groups excluding carboxylic acids is 2. The highest BCUT2D eigenvalue weighted by Gasteiger charge is 2.42. The van der Waals surface area contributed by atoms with Crippen LogP contribution in [0, 0.1) is 5.41 Å². The molecule has 174 valence electrons. The third kappa shape index (κ3) is 3.98. The number of nitrogens with zero attached hydrogens (tertiary/aromatic N) is 2. The van der Waals surface area contributed by atoms with Crippen molar-refractivity contribution in [2.24, 2.45) is 5.41 Å². The van der Waals surface area contributed by atoms with Crippen LogP contribution in [0.15, 0.2) is 72.1 Å². The van der Waals surface area contributed by atoms with E-state index in [-0.39, 0.29) is 23.1 Å². The molecule has 5 rings (SSSR count). The average molecular weight is 457 g/mol. The average Bonchev–Trinajstić information content (AvgIpc) is 3.22. The predicted octanol–water partition coefficient (Wildman–Crippen LogP) is 5.19. The Balaban J connectivity index is 1.52. The molecule has 34 heavy (non-hydrogen) atoms. The Labute approximate surface area is 198 Å². The molecular weight excluding hydrogens is 428 g/mol. The normalized spacial score (nSPS) is 18.6. The first-order valence-electron chi connectivity index (χ1n) is 11.6. The summed E-state index contributed by atoms with van der Waals surface area (Å²) in [5.74, 6) is 1.20. The van der Waals surface area contributed by atoms with E-state index in [9.17, 15) is 9.59 Å². The van der Waals surface area contributed by atoms with E-state index < -0.39 is 0 Å². The SMILES string of the molecule is CCOc1ccc(NC(=O)c2cnn3c2NC2=C(C(=O)CC(C)(C)C2)[C@H]3c2ccccc2)cc1. The molecule has 1 atom stereocenters. The lowest BCUT2D eigenvalue weighted by molar-refractivity contribution is -0.118. The fourth-order valence-electron chi connectivity index (χ4n) is 4.82. The highest BCUT2D eigenvalue weighted by molar-refractivity contribution is 6.08. The maximum Gasteiger partial charge on any atom is 0.261 e. The smallest absolute Gasteiger partial charge is 0.261 e. The fourth-order valence-corrected chi connectivity index (χ4v) is 4.82. The summed E-state index contributed by atoms with van der Waals surface area (Å²) in [5, 5.41) is 10.9. The maximum absolute atomic E-state index is 13.3. The predicted molar refractivity (Wildman–Crippen MR) is 131 cm³/mol. The van der Waals surface area contributed by atoms with Gasteiger partial charge < -0.3 is 15.4 Å². The molecule has 7 heteroatoms.